The molecule has 4 atom stereocenters. The normalized spacial score (nSPS) is 27.5. The molecule has 24 heavy (non-hydrogen) atoms. The third-order valence-electron chi connectivity index (χ3n) is 3.79. The largest absolute Gasteiger partial charge is 0.394 e. The van der Waals surface area contributed by atoms with Crippen LogP contribution in [0.2, 0.25) is 0 Å². The fourth-order valence-corrected chi connectivity index (χ4v) is 2.64. The van der Waals surface area contributed by atoms with Crippen molar-refractivity contribution in [1.82, 2.24) is 20.0 Å². The molecule has 7 N–H and O–H groups in total. The first-order valence-electron chi connectivity index (χ1n) is 6.84. The molecule has 2 aromatic rings. The lowest BCUT2D eigenvalue weighted by atomic mass is 10.1. The summed E-state index contributed by atoms with van der Waals surface area (Å²) in [4.78, 5) is 3.45. The Labute approximate surface area is 134 Å². The minimum atomic E-state index is -1.34. The van der Waals surface area contributed by atoms with Gasteiger partial charge in [0.25, 0.3) is 0 Å². The van der Waals surface area contributed by atoms with Crippen LogP contribution in [-0.4, -0.2) is 66.1 Å². The van der Waals surface area contributed by atoms with Gasteiger partial charge in [0.15, 0.2) is 17.7 Å². The Bertz CT molecular complexity index is 843. The summed E-state index contributed by atoms with van der Waals surface area (Å²) in [5.74, 6) is -0.133. The summed E-state index contributed by atoms with van der Waals surface area (Å²) in [6.45, 7) is -0.478. The molecule has 1 aliphatic rings. The number of aliphatic imine (C=N–C) groups is 1. The summed E-state index contributed by atoms with van der Waals surface area (Å²) >= 11 is 0. The van der Waals surface area contributed by atoms with Crippen LogP contribution < -0.4 is 11.5 Å². The molecule has 0 bridgehead atoms. The van der Waals surface area contributed by atoms with Crippen LogP contribution in [0.25, 0.3) is 11.0 Å². The highest BCUT2D eigenvalue weighted by Crippen LogP contribution is 2.34. The second kappa shape index (κ2) is 5.98. The van der Waals surface area contributed by atoms with Gasteiger partial charge in [0.2, 0.25) is 6.19 Å². The quantitative estimate of drug-likeness (QED) is 0.222. The molecular weight excluding hydrogens is 320 g/mol. The van der Waals surface area contributed by atoms with Gasteiger partial charge in [-0.1, -0.05) is 0 Å². The Hall–Kier alpha value is -2.85. The lowest BCUT2D eigenvalue weighted by molar-refractivity contribution is -0.0509. The third-order valence-corrected chi connectivity index (χ3v) is 3.79. The highest BCUT2D eigenvalue weighted by Gasteiger charge is 2.44. The number of amidine groups is 1. The molecule has 1 fully saturated rings. The van der Waals surface area contributed by atoms with E-state index in [0.717, 1.165) is 0 Å². The van der Waals surface area contributed by atoms with E-state index in [1.807, 2.05) is 0 Å². The smallest absolute Gasteiger partial charge is 0.207 e. The minimum absolute atomic E-state index is 0.00316. The van der Waals surface area contributed by atoms with Crippen LogP contribution in [0.15, 0.2) is 11.2 Å². The maximum Gasteiger partial charge on any atom is 0.207 e. The lowest BCUT2D eigenvalue weighted by Gasteiger charge is -2.16. The van der Waals surface area contributed by atoms with Gasteiger partial charge in [-0.3, -0.25) is 0 Å². The van der Waals surface area contributed by atoms with Crippen molar-refractivity contribution < 1.29 is 20.1 Å². The number of anilines is 1. The highest BCUT2D eigenvalue weighted by atomic mass is 16.6. The second-order valence-electron chi connectivity index (χ2n) is 5.15. The van der Waals surface area contributed by atoms with E-state index in [1.165, 1.54) is 10.8 Å². The van der Waals surface area contributed by atoms with Crippen molar-refractivity contribution in [2.45, 2.75) is 24.5 Å². The Balaban J connectivity index is 2.19. The first-order chi connectivity index (χ1) is 11.5. The molecule has 1 saturated heterocycles. The molecule has 0 saturated carbocycles. The summed E-state index contributed by atoms with van der Waals surface area (Å²) < 4.78 is 6.81. The van der Waals surface area contributed by atoms with Crippen molar-refractivity contribution in [3.63, 3.8) is 0 Å². The zero-order chi connectivity index (χ0) is 17.4. The number of rotatable bonds is 3. The van der Waals surface area contributed by atoms with Gasteiger partial charge in [-0.25, -0.2) is 0 Å². The molecular formula is C12H14N8O4. The molecule has 0 spiro atoms. The van der Waals surface area contributed by atoms with Gasteiger partial charge in [0.1, 0.15) is 24.1 Å². The average Bonchev–Trinajstić information content (AvgIpc) is 3.08. The van der Waals surface area contributed by atoms with Crippen LogP contribution in [0.1, 0.15) is 11.8 Å². The number of fused-ring (bicyclic) bond motifs is 1. The molecule has 3 heterocycles. The van der Waals surface area contributed by atoms with E-state index in [2.05, 4.69) is 20.4 Å². The molecule has 3 rings (SSSR count). The van der Waals surface area contributed by atoms with E-state index in [9.17, 15) is 15.3 Å². The SMILES string of the molecule is N#CN=C(N)c1cn([C@@H]2O[C@H](CO)[C@@H](O)[C@H]2O)c2nnnc(N)c12. The number of ether oxygens (including phenoxy) is 1. The summed E-state index contributed by atoms with van der Waals surface area (Å²) in [7, 11) is 0. The number of aliphatic hydroxyl groups excluding tert-OH is 3. The van der Waals surface area contributed by atoms with Gasteiger partial charge in [0.05, 0.1) is 12.0 Å². The molecule has 126 valence electrons. The van der Waals surface area contributed by atoms with Crippen molar-refractivity contribution in [2.24, 2.45) is 10.7 Å². The van der Waals surface area contributed by atoms with E-state index >= 15 is 0 Å². The maximum atomic E-state index is 10.2. The minimum Gasteiger partial charge on any atom is -0.394 e. The van der Waals surface area contributed by atoms with Crippen LogP contribution >= 0.6 is 0 Å². The number of aliphatic hydroxyl groups is 3. The number of nitriles is 1. The first-order valence-corrected chi connectivity index (χ1v) is 6.84. The van der Waals surface area contributed by atoms with Crippen LogP contribution in [0.3, 0.4) is 0 Å². The summed E-state index contributed by atoms with van der Waals surface area (Å²) in [6, 6.07) is 0. The maximum absolute atomic E-state index is 10.2. The molecule has 1 aliphatic heterocycles. The molecule has 0 amide bonds. The fraction of sp³-hybridized carbons (Fsp3) is 0.417. The van der Waals surface area contributed by atoms with E-state index in [4.69, 9.17) is 21.5 Å². The van der Waals surface area contributed by atoms with Crippen LogP contribution in [0, 0.1) is 11.5 Å². The Kier molecular flexibility index (Phi) is 3.99. The molecule has 0 aromatic carbocycles. The predicted octanol–water partition coefficient (Wildman–Crippen LogP) is -2.79. The van der Waals surface area contributed by atoms with Crippen molar-refractivity contribution in [1.29, 1.82) is 5.26 Å². The Morgan fingerprint density at radius 3 is 2.79 bits per heavy atom. The Morgan fingerprint density at radius 1 is 1.42 bits per heavy atom. The second-order valence-corrected chi connectivity index (χ2v) is 5.15. The average molecular weight is 334 g/mol. The zero-order valence-electron chi connectivity index (χ0n) is 12.2. The molecule has 0 aliphatic carbocycles. The van der Waals surface area contributed by atoms with Crippen molar-refractivity contribution in [3.8, 4) is 6.19 Å². The van der Waals surface area contributed by atoms with Gasteiger partial charge < -0.3 is 36.1 Å². The van der Waals surface area contributed by atoms with Gasteiger partial charge in [-0.05, 0) is 5.21 Å². The van der Waals surface area contributed by atoms with E-state index < -0.39 is 31.1 Å². The van der Waals surface area contributed by atoms with E-state index in [0.29, 0.717) is 0 Å². The molecule has 0 unspecified atom stereocenters. The first kappa shape index (κ1) is 16.0. The summed E-state index contributed by atoms with van der Waals surface area (Å²) in [5.41, 5.74) is 12.0. The van der Waals surface area contributed by atoms with Gasteiger partial charge in [-0.2, -0.15) is 10.3 Å². The number of hydrogen-bond acceptors (Lipinski definition) is 10. The monoisotopic (exact) mass is 334 g/mol. The van der Waals surface area contributed by atoms with Gasteiger partial charge >= 0.3 is 0 Å². The van der Waals surface area contributed by atoms with E-state index in [-0.39, 0.29) is 28.3 Å². The molecule has 0 radical (unpaired) electrons. The molecule has 12 heteroatoms. The number of nitrogen functional groups attached to an aromatic ring is 1. The topological polar surface area (TPSA) is 202 Å². The standard InChI is InChI=1S/C12H14N8O4/c13-3-16-9(14)4-1-20(11-6(4)10(15)17-19-18-11)12-8(23)7(22)5(2-21)24-12/h1,5,7-8,12,21-23H,2H2,(H2,14,16)(H2,15,17,18)/t5-,7-,8-,12-/m1/s1. The molecule has 2 aromatic heterocycles. The van der Waals surface area contributed by atoms with Crippen molar-refractivity contribution in [2.75, 3.05) is 12.3 Å². The zero-order valence-corrected chi connectivity index (χ0v) is 12.2. The molecule has 12 nitrogen and oxygen atoms in total. The number of nitrogens with zero attached hydrogens (tertiary/aromatic N) is 6. The van der Waals surface area contributed by atoms with Gasteiger partial charge in [-0.15, -0.1) is 10.2 Å². The van der Waals surface area contributed by atoms with Crippen molar-refractivity contribution >= 4 is 22.7 Å². The Morgan fingerprint density at radius 2 is 2.17 bits per heavy atom. The predicted molar refractivity (Wildman–Crippen MR) is 79.1 cm³/mol. The third kappa shape index (κ3) is 2.32. The van der Waals surface area contributed by atoms with Crippen molar-refractivity contribution in [3.05, 3.63) is 11.8 Å². The van der Waals surface area contributed by atoms with Crippen LogP contribution in [0.5, 0.6) is 0 Å². The van der Waals surface area contributed by atoms with Crippen LogP contribution in [0.4, 0.5) is 5.82 Å². The summed E-state index contributed by atoms with van der Waals surface area (Å²) in [5, 5.41) is 49.2. The van der Waals surface area contributed by atoms with E-state index in [1.54, 1.807) is 6.19 Å². The van der Waals surface area contributed by atoms with Gasteiger partial charge in [0, 0.05) is 11.8 Å². The number of nitrogens with two attached hydrogens (primary N) is 2. The number of aromatic nitrogens is 4. The highest BCUT2D eigenvalue weighted by molar-refractivity contribution is 6.11. The van der Waals surface area contributed by atoms with Crippen LogP contribution in [-0.2, 0) is 4.74 Å². The fourth-order valence-electron chi connectivity index (χ4n) is 2.64. The number of hydrogen-bond donors (Lipinski definition) is 5. The summed E-state index contributed by atoms with van der Waals surface area (Å²) in [6.07, 6.45) is -1.70. The lowest BCUT2D eigenvalue weighted by Crippen LogP contribution is -2.33.